The first-order valence-electron chi connectivity index (χ1n) is 9.43. The molecule has 0 aliphatic carbocycles. The van der Waals surface area contributed by atoms with Crippen LogP contribution in [-0.4, -0.2) is 35.1 Å². The summed E-state index contributed by atoms with van der Waals surface area (Å²) >= 11 is 0. The number of aromatic amines is 1. The fraction of sp³-hybridized carbons (Fsp3) is 0.364. The Morgan fingerprint density at radius 3 is 2.48 bits per heavy atom. The lowest BCUT2D eigenvalue weighted by molar-refractivity contribution is 0.169. The molecule has 1 aromatic heterocycles. The molecule has 3 heteroatoms. The van der Waals surface area contributed by atoms with Gasteiger partial charge in [0.15, 0.2) is 0 Å². The first-order valence-corrected chi connectivity index (χ1v) is 9.43. The van der Waals surface area contributed by atoms with Crippen LogP contribution in [0.25, 0.3) is 22.0 Å². The molecule has 25 heavy (non-hydrogen) atoms. The molecular formula is C22H25N3. The van der Waals surface area contributed by atoms with Gasteiger partial charge in [0.2, 0.25) is 0 Å². The highest BCUT2D eigenvalue weighted by Gasteiger charge is 2.38. The number of H-pyrrole nitrogens is 1. The Labute approximate surface area is 149 Å². The van der Waals surface area contributed by atoms with Crippen LogP contribution in [0, 0.1) is 0 Å². The van der Waals surface area contributed by atoms with Crippen molar-refractivity contribution < 1.29 is 0 Å². The van der Waals surface area contributed by atoms with E-state index in [2.05, 4.69) is 70.8 Å². The summed E-state index contributed by atoms with van der Waals surface area (Å²) in [6.45, 7) is 0. The van der Waals surface area contributed by atoms with Crippen molar-refractivity contribution in [3.63, 3.8) is 0 Å². The molecule has 3 aromatic rings. The van der Waals surface area contributed by atoms with Crippen LogP contribution in [0.5, 0.6) is 0 Å². The minimum Gasteiger partial charge on any atom is -0.382 e. The number of aromatic nitrogens is 1. The lowest BCUT2D eigenvalue weighted by Crippen LogP contribution is -2.44. The number of nitrogens with zero attached hydrogens (tertiary/aromatic N) is 1. The van der Waals surface area contributed by atoms with Gasteiger partial charge in [0.05, 0.1) is 0 Å². The highest BCUT2D eigenvalue weighted by molar-refractivity contribution is 5.95. The zero-order valence-corrected chi connectivity index (χ0v) is 14.7. The van der Waals surface area contributed by atoms with Crippen LogP contribution >= 0.6 is 0 Å². The van der Waals surface area contributed by atoms with E-state index in [4.69, 9.17) is 0 Å². The lowest BCUT2D eigenvalue weighted by atomic mass is 9.97. The number of fused-ring (bicyclic) bond motifs is 3. The molecule has 5 rings (SSSR count). The van der Waals surface area contributed by atoms with E-state index in [0.717, 1.165) is 12.1 Å². The highest BCUT2D eigenvalue weighted by atomic mass is 15.2. The van der Waals surface area contributed by atoms with Crippen LogP contribution in [0.4, 0.5) is 5.69 Å². The maximum Gasteiger partial charge on any atom is 0.0460 e. The molecule has 0 amide bonds. The maximum atomic E-state index is 3.78. The summed E-state index contributed by atoms with van der Waals surface area (Å²) in [5, 5.41) is 5.07. The van der Waals surface area contributed by atoms with Crippen molar-refractivity contribution >= 4 is 16.6 Å². The molecule has 128 valence electrons. The zero-order chi connectivity index (χ0) is 16.8. The molecule has 0 spiro atoms. The number of anilines is 1. The van der Waals surface area contributed by atoms with Gasteiger partial charge in [-0.15, -0.1) is 0 Å². The van der Waals surface area contributed by atoms with E-state index in [9.17, 15) is 0 Å². The summed E-state index contributed by atoms with van der Waals surface area (Å²) in [5.41, 5.74) is 5.02. The third kappa shape index (κ3) is 2.63. The number of rotatable bonds is 3. The molecule has 0 radical (unpaired) electrons. The van der Waals surface area contributed by atoms with Crippen molar-refractivity contribution in [1.82, 2.24) is 9.88 Å². The Kier molecular flexibility index (Phi) is 3.56. The van der Waals surface area contributed by atoms with Crippen molar-refractivity contribution in [2.45, 2.75) is 43.8 Å². The third-order valence-corrected chi connectivity index (χ3v) is 6.26. The number of hydrogen-bond donors (Lipinski definition) is 2. The molecule has 2 fully saturated rings. The average molecular weight is 331 g/mol. The summed E-state index contributed by atoms with van der Waals surface area (Å²) in [4.78, 5) is 5.89. The van der Waals surface area contributed by atoms with Gasteiger partial charge < -0.3 is 15.2 Å². The quantitative estimate of drug-likeness (QED) is 0.717. The Balaban J connectivity index is 1.35. The molecule has 2 saturated heterocycles. The Hall–Kier alpha value is -2.26. The predicted octanol–water partition coefficient (Wildman–Crippen LogP) is 4.87. The van der Waals surface area contributed by atoms with Gasteiger partial charge in [-0.25, -0.2) is 0 Å². The summed E-state index contributed by atoms with van der Waals surface area (Å²) < 4.78 is 0. The van der Waals surface area contributed by atoms with Crippen molar-refractivity contribution in [2.24, 2.45) is 0 Å². The molecule has 2 N–H and O–H groups in total. The fourth-order valence-electron chi connectivity index (χ4n) is 4.85. The lowest BCUT2D eigenvalue weighted by Gasteiger charge is -2.37. The van der Waals surface area contributed by atoms with E-state index in [1.54, 1.807) is 0 Å². The van der Waals surface area contributed by atoms with Gasteiger partial charge in [0, 0.05) is 40.9 Å². The molecular weight excluding hydrogens is 306 g/mol. The zero-order valence-electron chi connectivity index (χ0n) is 14.7. The number of piperidine rings is 1. The monoisotopic (exact) mass is 331 g/mol. The van der Waals surface area contributed by atoms with Gasteiger partial charge in [-0.2, -0.15) is 0 Å². The van der Waals surface area contributed by atoms with E-state index < -0.39 is 0 Å². The van der Waals surface area contributed by atoms with Crippen LogP contribution in [0.2, 0.25) is 0 Å². The molecule has 2 aliphatic heterocycles. The van der Waals surface area contributed by atoms with Gasteiger partial charge in [-0.05, 0) is 68.1 Å². The molecule has 2 aliphatic rings. The Morgan fingerprint density at radius 1 is 0.960 bits per heavy atom. The van der Waals surface area contributed by atoms with Crippen molar-refractivity contribution in [3.05, 3.63) is 54.7 Å². The molecule has 2 aromatic carbocycles. The summed E-state index contributed by atoms with van der Waals surface area (Å²) in [5.74, 6) is 0. The van der Waals surface area contributed by atoms with Gasteiger partial charge in [0.1, 0.15) is 0 Å². The smallest absolute Gasteiger partial charge is 0.0460 e. The standard InChI is InChI=1S/C22H25N3/c1-25-18-9-10-19(25)14-17(13-18)24-16-7-5-15(6-8-16)20-3-2-4-22-21(20)11-12-23-22/h2-8,11-12,17-19,23-24H,9-10,13-14H2,1H3. The van der Waals surface area contributed by atoms with Gasteiger partial charge in [-0.1, -0.05) is 24.3 Å². The molecule has 2 atom stereocenters. The molecule has 2 unspecified atom stereocenters. The maximum absolute atomic E-state index is 3.78. The second-order valence-corrected chi connectivity index (χ2v) is 7.68. The third-order valence-electron chi connectivity index (χ3n) is 6.26. The molecule has 3 heterocycles. The van der Waals surface area contributed by atoms with Crippen molar-refractivity contribution in [3.8, 4) is 11.1 Å². The second kappa shape index (κ2) is 5.92. The minimum atomic E-state index is 0.618. The summed E-state index contributed by atoms with van der Waals surface area (Å²) in [6, 6.07) is 19.7. The van der Waals surface area contributed by atoms with Crippen LogP contribution < -0.4 is 5.32 Å². The topological polar surface area (TPSA) is 31.1 Å². The van der Waals surface area contributed by atoms with Crippen LogP contribution in [0.15, 0.2) is 54.7 Å². The number of nitrogens with one attached hydrogen (secondary N) is 2. The van der Waals surface area contributed by atoms with E-state index in [1.165, 1.54) is 53.4 Å². The van der Waals surface area contributed by atoms with Crippen LogP contribution in [0.1, 0.15) is 25.7 Å². The molecule has 0 saturated carbocycles. The van der Waals surface area contributed by atoms with E-state index in [-0.39, 0.29) is 0 Å². The number of benzene rings is 2. The van der Waals surface area contributed by atoms with E-state index in [0.29, 0.717) is 6.04 Å². The second-order valence-electron chi connectivity index (χ2n) is 7.68. The summed E-state index contributed by atoms with van der Waals surface area (Å²) in [7, 11) is 2.30. The SMILES string of the molecule is CN1C2CCC1CC(Nc1ccc(-c3cccc4[nH]ccc34)cc1)C2. The van der Waals surface area contributed by atoms with Crippen molar-refractivity contribution in [1.29, 1.82) is 0 Å². The van der Waals surface area contributed by atoms with E-state index >= 15 is 0 Å². The van der Waals surface area contributed by atoms with Crippen LogP contribution in [0.3, 0.4) is 0 Å². The van der Waals surface area contributed by atoms with Gasteiger partial charge >= 0.3 is 0 Å². The van der Waals surface area contributed by atoms with Crippen LogP contribution in [-0.2, 0) is 0 Å². The highest BCUT2D eigenvalue weighted by Crippen LogP contribution is 2.36. The van der Waals surface area contributed by atoms with Gasteiger partial charge in [-0.3, -0.25) is 0 Å². The predicted molar refractivity (Wildman–Crippen MR) is 105 cm³/mol. The Bertz CT molecular complexity index is 866. The first kappa shape index (κ1) is 15.0. The van der Waals surface area contributed by atoms with Gasteiger partial charge in [0.25, 0.3) is 0 Å². The molecule has 3 nitrogen and oxygen atoms in total. The minimum absolute atomic E-state index is 0.618. The fourth-order valence-corrected chi connectivity index (χ4v) is 4.85. The Morgan fingerprint density at radius 2 is 1.72 bits per heavy atom. The normalized spacial score (nSPS) is 26.2. The van der Waals surface area contributed by atoms with Crippen molar-refractivity contribution in [2.75, 3.05) is 12.4 Å². The molecule has 2 bridgehead atoms. The largest absolute Gasteiger partial charge is 0.382 e. The summed E-state index contributed by atoms with van der Waals surface area (Å²) in [6.07, 6.45) is 7.31. The average Bonchev–Trinajstić information content (AvgIpc) is 3.17. The first-order chi connectivity index (χ1) is 12.3. The number of hydrogen-bond acceptors (Lipinski definition) is 2. The van der Waals surface area contributed by atoms with E-state index in [1.807, 2.05) is 6.20 Å².